The van der Waals surface area contributed by atoms with E-state index in [-0.39, 0.29) is 29.2 Å². The van der Waals surface area contributed by atoms with Crippen LogP contribution in [0.15, 0.2) is 59.5 Å². The first-order valence-corrected chi connectivity index (χ1v) is 11.6. The van der Waals surface area contributed by atoms with E-state index >= 15 is 0 Å². The van der Waals surface area contributed by atoms with Crippen molar-refractivity contribution in [3.63, 3.8) is 0 Å². The minimum Gasteiger partial charge on any atom is -0.357 e. The summed E-state index contributed by atoms with van der Waals surface area (Å²) in [6, 6.07) is 14.6. The van der Waals surface area contributed by atoms with Crippen LogP contribution in [-0.2, 0) is 13.1 Å². The number of aromatic amines is 1. The quantitative estimate of drug-likeness (QED) is 0.377. The average Bonchev–Trinajstić information content (AvgIpc) is 3.20. The van der Waals surface area contributed by atoms with Gasteiger partial charge in [-0.05, 0) is 59.9 Å². The molecule has 174 valence electrons. The topological polar surface area (TPSA) is 91.3 Å². The summed E-state index contributed by atoms with van der Waals surface area (Å²) in [5.41, 5.74) is 3.66. The Labute approximate surface area is 195 Å². The SMILES string of the molecule is O=C(NCc1ccc2cc(CNCC34CC(CF)(C3)C4)[nH]c2c1)c1cc(=O)n2ccccc2n1. The van der Waals surface area contributed by atoms with Crippen LogP contribution in [-0.4, -0.2) is 33.5 Å². The molecule has 4 aromatic rings. The molecule has 0 atom stereocenters. The fourth-order valence-corrected chi connectivity index (χ4v) is 5.91. The van der Waals surface area contributed by atoms with Crippen LogP contribution in [0.2, 0.25) is 0 Å². The molecule has 2 bridgehead atoms. The number of nitrogens with one attached hydrogen (secondary N) is 3. The second-order valence-corrected chi connectivity index (χ2v) is 10.1. The van der Waals surface area contributed by atoms with Gasteiger partial charge in [-0.25, -0.2) is 4.98 Å². The Bertz CT molecular complexity index is 1450. The lowest BCUT2D eigenvalue weighted by Crippen LogP contribution is -2.66. The van der Waals surface area contributed by atoms with E-state index in [2.05, 4.69) is 26.7 Å². The monoisotopic (exact) mass is 459 g/mol. The Balaban J connectivity index is 1.07. The molecule has 7 rings (SSSR count). The van der Waals surface area contributed by atoms with Crippen LogP contribution >= 0.6 is 0 Å². The van der Waals surface area contributed by atoms with Crippen LogP contribution in [0.25, 0.3) is 16.6 Å². The van der Waals surface area contributed by atoms with Crippen LogP contribution in [0.1, 0.15) is 41.0 Å². The molecule has 3 aromatic heterocycles. The first kappa shape index (κ1) is 21.0. The van der Waals surface area contributed by atoms with Crippen LogP contribution < -0.4 is 16.2 Å². The van der Waals surface area contributed by atoms with E-state index in [1.807, 2.05) is 18.2 Å². The molecule has 1 amide bonds. The fraction of sp³-hybridized carbons (Fsp3) is 0.346. The van der Waals surface area contributed by atoms with E-state index in [0.717, 1.165) is 54.5 Å². The highest BCUT2D eigenvalue weighted by Crippen LogP contribution is 2.73. The zero-order valence-electron chi connectivity index (χ0n) is 18.7. The number of H-pyrrole nitrogens is 1. The standard InChI is InChI=1S/C26H26FN5O2/c27-15-25-12-26(13-25,14-25)16-28-11-19-8-18-5-4-17(7-20(18)30-19)10-29-24(34)21-9-23(33)32-6-2-1-3-22(32)31-21/h1-9,28,30H,10-16H2,(H,29,34). The first-order chi connectivity index (χ1) is 16.5. The second-order valence-electron chi connectivity index (χ2n) is 10.1. The number of rotatable bonds is 8. The van der Waals surface area contributed by atoms with Crippen molar-refractivity contribution in [3.8, 4) is 0 Å². The Morgan fingerprint density at radius 2 is 1.94 bits per heavy atom. The van der Waals surface area contributed by atoms with E-state index in [0.29, 0.717) is 17.6 Å². The van der Waals surface area contributed by atoms with Gasteiger partial charge in [0.2, 0.25) is 0 Å². The maximum absolute atomic E-state index is 13.0. The summed E-state index contributed by atoms with van der Waals surface area (Å²) in [7, 11) is 0. The summed E-state index contributed by atoms with van der Waals surface area (Å²) < 4.78 is 14.4. The molecule has 1 aromatic carbocycles. The predicted molar refractivity (Wildman–Crippen MR) is 127 cm³/mol. The van der Waals surface area contributed by atoms with Gasteiger partial charge in [-0.2, -0.15) is 0 Å². The summed E-state index contributed by atoms with van der Waals surface area (Å²) >= 11 is 0. The van der Waals surface area contributed by atoms with Crippen molar-refractivity contribution >= 4 is 22.5 Å². The van der Waals surface area contributed by atoms with Crippen molar-refractivity contribution in [2.75, 3.05) is 13.2 Å². The normalized spacial score (nSPS) is 23.0. The Morgan fingerprint density at radius 3 is 2.76 bits per heavy atom. The van der Waals surface area contributed by atoms with Gasteiger partial charge < -0.3 is 15.6 Å². The van der Waals surface area contributed by atoms with Crippen LogP contribution in [0.5, 0.6) is 0 Å². The van der Waals surface area contributed by atoms with Gasteiger partial charge in [0, 0.05) is 48.5 Å². The number of nitrogens with zero attached hydrogens (tertiary/aromatic N) is 2. The molecular formula is C26H26FN5O2. The number of pyridine rings is 1. The number of halogens is 1. The smallest absolute Gasteiger partial charge is 0.270 e. The van der Waals surface area contributed by atoms with Crippen LogP contribution in [0.4, 0.5) is 4.39 Å². The van der Waals surface area contributed by atoms with Gasteiger partial charge in [0.1, 0.15) is 11.3 Å². The van der Waals surface area contributed by atoms with E-state index in [9.17, 15) is 14.0 Å². The predicted octanol–water partition coefficient (Wildman–Crippen LogP) is 3.34. The first-order valence-electron chi connectivity index (χ1n) is 11.6. The number of carbonyl (C=O) groups excluding carboxylic acids is 1. The zero-order chi connectivity index (χ0) is 23.3. The summed E-state index contributed by atoms with van der Waals surface area (Å²) in [4.78, 5) is 32.6. The number of aromatic nitrogens is 3. The Morgan fingerprint density at radius 1 is 1.09 bits per heavy atom. The van der Waals surface area contributed by atoms with Gasteiger partial charge in [-0.3, -0.25) is 18.4 Å². The number of carbonyl (C=O) groups is 1. The molecule has 0 spiro atoms. The highest BCUT2D eigenvalue weighted by atomic mass is 19.1. The van der Waals surface area contributed by atoms with Gasteiger partial charge in [0.05, 0.1) is 6.67 Å². The molecule has 0 radical (unpaired) electrons. The third kappa shape index (κ3) is 3.58. The van der Waals surface area contributed by atoms with Crippen molar-refractivity contribution in [3.05, 3.63) is 82.0 Å². The lowest BCUT2D eigenvalue weighted by molar-refractivity contribution is -0.208. The lowest BCUT2D eigenvalue weighted by atomic mass is 9.35. The molecule has 3 aliphatic rings. The average molecular weight is 460 g/mol. The number of amides is 1. The van der Waals surface area contributed by atoms with Crippen molar-refractivity contribution in [2.24, 2.45) is 10.8 Å². The zero-order valence-corrected chi connectivity index (χ0v) is 18.7. The highest BCUT2D eigenvalue weighted by Gasteiger charge is 2.67. The maximum Gasteiger partial charge on any atom is 0.270 e. The minimum atomic E-state index is -0.386. The molecule has 7 nitrogen and oxygen atoms in total. The number of benzene rings is 1. The molecule has 3 fully saturated rings. The summed E-state index contributed by atoms with van der Waals surface area (Å²) in [5.74, 6) is -0.386. The molecule has 3 aliphatic carbocycles. The molecule has 3 N–H and O–H groups in total. The van der Waals surface area contributed by atoms with Gasteiger partial charge in [-0.15, -0.1) is 0 Å². The molecule has 0 saturated heterocycles. The molecule has 34 heavy (non-hydrogen) atoms. The van der Waals surface area contributed by atoms with Gasteiger partial charge >= 0.3 is 0 Å². The molecule has 0 unspecified atom stereocenters. The second kappa shape index (κ2) is 7.77. The lowest BCUT2D eigenvalue weighted by Gasteiger charge is -2.70. The molecule has 3 saturated carbocycles. The van der Waals surface area contributed by atoms with Crippen molar-refractivity contribution < 1.29 is 9.18 Å². The summed E-state index contributed by atoms with van der Waals surface area (Å²) in [5, 5.41) is 7.49. The third-order valence-electron chi connectivity index (χ3n) is 7.35. The van der Waals surface area contributed by atoms with Gasteiger partial charge in [0.15, 0.2) is 0 Å². The van der Waals surface area contributed by atoms with E-state index in [1.165, 1.54) is 10.5 Å². The largest absolute Gasteiger partial charge is 0.357 e. The van der Waals surface area contributed by atoms with Crippen LogP contribution in [0, 0.1) is 10.8 Å². The Hall–Kier alpha value is -3.52. The third-order valence-corrected chi connectivity index (χ3v) is 7.35. The number of hydrogen-bond donors (Lipinski definition) is 3. The number of hydrogen-bond acceptors (Lipinski definition) is 4. The van der Waals surface area contributed by atoms with Crippen molar-refractivity contribution in [2.45, 2.75) is 32.4 Å². The van der Waals surface area contributed by atoms with E-state index in [4.69, 9.17) is 0 Å². The minimum absolute atomic E-state index is 0.0230. The fourth-order valence-electron chi connectivity index (χ4n) is 5.91. The van der Waals surface area contributed by atoms with Gasteiger partial charge in [-0.1, -0.05) is 18.2 Å². The molecule has 0 aliphatic heterocycles. The number of fused-ring (bicyclic) bond motifs is 2. The maximum atomic E-state index is 13.0. The van der Waals surface area contributed by atoms with Gasteiger partial charge in [0.25, 0.3) is 11.5 Å². The Kier molecular flexibility index (Phi) is 4.81. The number of alkyl halides is 1. The molecule has 3 heterocycles. The van der Waals surface area contributed by atoms with Crippen molar-refractivity contribution in [1.29, 1.82) is 0 Å². The summed E-state index contributed by atoms with van der Waals surface area (Å²) in [6.45, 7) is 1.84. The van der Waals surface area contributed by atoms with E-state index < -0.39 is 0 Å². The molecule has 8 heteroatoms. The van der Waals surface area contributed by atoms with Crippen LogP contribution in [0.3, 0.4) is 0 Å². The summed E-state index contributed by atoms with van der Waals surface area (Å²) in [6.07, 6.45) is 4.69. The van der Waals surface area contributed by atoms with E-state index in [1.54, 1.807) is 24.4 Å². The highest BCUT2D eigenvalue weighted by molar-refractivity contribution is 5.92. The van der Waals surface area contributed by atoms with Crippen molar-refractivity contribution in [1.82, 2.24) is 25.0 Å². The molecular weight excluding hydrogens is 433 g/mol.